The molecule has 2 N–H and O–H groups in total. The van der Waals surface area contributed by atoms with Gasteiger partial charge in [-0.15, -0.1) is 0 Å². The van der Waals surface area contributed by atoms with Crippen molar-refractivity contribution >= 4 is 28.1 Å². The first-order chi connectivity index (χ1) is 12.9. The second-order valence-corrected chi connectivity index (χ2v) is 6.92. The average Bonchev–Trinajstić information content (AvgIpc) is 2.67. The fraction of sp³-hybridized carbons (Fsp3) is 0.217. The molecule has 27 heavy (non-hydrogen) atoms. The third-order valence-electron chi connectivity index (χ3n) is 4.65. The fourth-order valence-electron chi connectivity index (χ4n) is 2.99. The summed E-state index contributed by atoms with van der Waals surface area (Å²) >= 11 is 0. The Morgan fingerprint density at radius 2 is 1.70 bits per heavy atom. The van der Waals surface area contributed by atoms with Crippen molar-refractivity contribution in [1.29, 1.82) is 0 Å². The summed E-state index contributed by atoms with van der Waals surface area (Å²) in [6, 6.07) is 20.1. The zero-order valence-corrected chi connectivity index (χ0v) is 16.2. The van der Waals surface area contributed by atoms with Gasteiger partial charge in [0.15, 0.2) is 0 Å². The van der Waals surface area contributed by atoms with Crippen LogP contribution in [-0.4, -0.2) is 17.7 Å². The van der Waals surface area contributed by atoms with E-state index in [1.807, 2.05) is 51.1 Å². The van der Waals surface area contributed by atoms with Gasteiger partial charge in [0.05, 0.1) is 5.71 Å². The Morgan fingerprint density at radius 3 is 2.44 bits per heavy atom. The third-order valence-corrected chi connectivity index (χ3v) is 4.65. The summed E-state index contributed by atoms with van der Waals surface area (Å²) in [6.45, 7) is 7.81. The van der Waals surface area contributed by atoms with Crippen LogP contribution in [0.1, 0.15) is 30.5 Å². The lowest BCUT2D eigenvalue weighted by Gasteiger charge is -2.16. The van der Waals surface area contributed by atoms with E-state index >= 15 is 0 Å². The first-order valence-electron chi connectivity index (χ1n) is 9.11. The Labute approximate surface area is 160 Å². The van der Waals surface area contributed by atoms with Crippen LogP contribution in [0.4, 0.5) is 5.69 Å². The van der Waals surface area contributed by atoms with Gasteiger partial charge in [-0.05, 0) is 61.7 Å². The molecular formula is C23H25N3O. The van der Waals surface area contributed by atoms with Gasteiger partial charge in [-0.25, -0.2) is 5.43 Å². The highest BCUT2D eigenvalue weighted by atomic mass is 16.2. The molecule has 1 unspecified atom stereocenters. The number of aryl methyl sites for hydroxylation is 2. The monoisotopic (exact) mass is 359 g/mol. The van der Waals surface area contributed by atoms with Crippen molar-refractivity contribution in [2.45, 2.75) is 33.7 Å². The number of hydrazone groups is 1. The number of carbonyl (C=O) groups is 1. The summed E-state index contributed by atoms with van der Waals surface area (Å²) in [6.07, 6.45) is 0. The van der Waals surface area contributed by atoms with Crippen LogP contribution in [0.5, 0.6) is 0 Å². The van der Waals surface area contributed by atoms with Crippen molar-refractivity contribution < 1.29 is 4.79 Å². The molecule has 3 aromatic carbocycles. The average molecular weight is 359 g/mol. The Morgan fingerprint density at radius 1 is 0.963 bits per heavy atom. The third kappa shape index (κ3) is 4.53. The molecule has 0 aliphatic carbocycles. The summed E-state index contributed by atoms with van der Waals surface area (Å²) in [5.74, 6) is -0.171. The van der Waals surface area contributed by atoms with Gasteiger partial charge in [-0.1, -0.05) is 54.1 Å². The lowest BCUT2D eigenvalue weighted by Crippen LogP contribution is -2.35. The van der Waals surface area contributed by atoms with Gasteiger partial charge in [0.2, 0.25) is 0 Å². The van der Waals surface area contributed by atoms with Crippen molar-refractivity contribution in [2.75, 3.05) is 5.32 Å². The van der Waals surface area contributed by atoms with E-state index in [0.29, 0.717) is 0 Å². The molecule has 0 saturated heterocycles. The first kappa shape index (κ1) is 18.6. The van der Waals surface area contributed by atoms with E-state index in [0.717, 1.165) is 27.9 Å². The molecule has 3 rings (SSSR count). The van der Waals surface area contributed by atoms with Gasteiger partial charge >= 0.3 is 0 Å². The summed E-state index contributed by atoms with van der Waals surface area (Å²) in [5, 5.41) is 9.86. The molecule has 0 saturated carbocycles. The molecule has 138 valence electrons. The molecule has 4 nitrogen and oxygen atoms in total. The molecule has 0 aliphatic heterocycles. The molecule has 0 fully saturated rings. The maximum atomic E-state index is 12.4. The Hall–Kier alpha value is -3.14. The number of rotatable bonds is 5. The summed E-state index contributed by atoms with van der Waals surface area (Å²) in [5.41, 5.74) is 7.70. The van der Waals surface area contributed by atoms with E-state index in [1.165, 1.54) is 10.9 Å². The summed E-state index contributed by atoms with van der Waals surface area (Å²) in [4.78, 5) is 12.4. The van der Waals surface area contributed by atoms with Crippen LogP contribution in [0.15, 0.2) is 65.8 Å². The summed E-state index contributed by atoms with van der Waals surface area (Å²) < 4.78 is 0. The molecular weight excluding hydrogens is 334 g/mol. The highest BCUT2D eigenvalue weighted by molar-refractivity contribution is 6.02. The fourth-order valence-corrected chi connectivity index (χ4v) is 2.99. The number of carbonyl (C=O) groups excluding carboxylic acids is 1. The molecule has 3 aromatic rings. The van der Waals surface area contributed by atoms with Gasteiger partial charge < -0.3 is 5.32 Å². The van der Waals surface area contributed by atoms with Crippen molar-refractivity contribution in [1.82, 2.24) is 5.43 Å². The van der Waals surface area contributed by atoms with Crippen LogP contribution in [-0.2, 0) is 4.79 Å². The molecule has 0 heterocycles. The molecule has 1 amide bonds. The number of fused-ring (bicyclic) bond motifs is 1. The second-order valence-electron chi connectivity index (χ2n) is 6.92. The van der Waals surface area contributed by atoms with Crippen LogP contribution in [0.3, 0.4) is 0 Å². The van der Waals surface area contributed by atoms with E-state index in [9.17, 15) is 4.79 Å². The van der Waals surface area contributed by atoms with E-state index in [-0.39, 0.29) is 11.9 Å². The standard InChI is InChI=1S/C23H25N3O/c1-15-9-12-22(16(2)13-15)24-18(4)23(27)26-25-17(3)20-11-10-19-7-5-6-8-21(19)14-20/h5-14,18,24H,1-4H3,(H,26,27)/b25-17-. The van der Waals surface area contributed by atoms with Crippen molar-refractivity contribution in [3.05, 3.63) is 77.4 Å². The minimum absolute atomic E-state index is 0.171. The predicted molar refractivity (Wildman–Crippen MR) is 113 cm³/mol. The molecule has 4 heteroatoms. The molecule has 1 atom stereocenters. The minimum atomic E-state index is -0.389. The van der Waals surface area contributed by atoms with E-state index in [4.69, 9.17) is 0 Å². The molecule has 0 aliphatic rings. The van der Waals surface area contributed by atoms with Crippen molar-refractivity contribution in [3.8, 4) is 0 Å². The topological polar surface area (TPSA) is 53.5 Å². The number of benzene rings is 3. The first-order valence-corrected chi connectivity index (χ1v) is 9.11. The number of hydrogen-bond donors (Lipinski definition) is 2. The van der Waals surface area contributed by atoms with Crippen LogP contribution in [0.25, 0.3) is 10.8 Å². The van der Waals surface area contributed by atoms with Gasteiger partial charge in [0.1, 0.15) is 6.04 Å². The predicted octanol–water partition coefficient (Wildman–Crippen LogP) is 4.80. The van der Waals surface area contributed by atoms with Gasteiger partial charge in [0.25, 0.3) is 5.91 Å². The SMILES string of the molecule is C/C(=N/NC(=O)C(C)Nc1ccc(C)cc1C)c1ccc2ccccc2c1. The van der Waals surface area contributed by atoms with Gasteiger partial charge in [0, 0.05) is 5.69 Å². The number of nitrogens with zero attached hydrogens (tertiary/aromatic N) is 1. The second kappa shape index (κ2) is 8.04. The van der Waals surface area contributed by atoms with Crippen LogP contribution in [0, 0.1) is 13.8 Å². The smallest absolute Gasteiger partial charge is 0.262 e. The van der Waals surface area contributed by atoms with Crippen LogP contribution in [0.2, 0.25) is 0 Å². The zero-order chi connectivity index (χ0) is 19.4. The van der Waals surface area contributed by atoms with Crippen LogP contribution >= 0.6 is 0 Å². The highest BCUT2D eigenvalue weighted by Crippen LogP contribution is 2.17. The molecule has 0 aromatic heterocycles. The van der Waals surface area contributed by atoms with Crippen molar-refractivity contribution in [3.63, 3.8) is 0 Å². The van der Waals surface area contributed by atoms with Gasteiger partial charge in [-0.3, -0.25) is 4.79 Å². The number of amides is 1. The number of hydrogen-bond acceptors (Lipinski definition) is 3. The zero-order valence-electron chi connectivity index (χ0n) is 16.2. The Bertz CT molecular complexity index is 1010. The largest absolute Gasteiger partial charge is 0.374 e. The van der Waals surface area contributed by atoms with E-state index < -0.39 is 0 Å². The minimum Gasteiger partial charge on any atom is -0.374 e. The lowest BCUT2D eigenvalue weighted by atomic mass is 10.0. The normalized spacial score (nSPS) is 12.7. The quantitative estimate of drug-likeness (QED) is 0.508. The Balaban J connectivity index is 1.67. The van der Waals surface area contributed by atoms with E-state index in [2.05, 4.69) is 53.1 Å². The summed E-state index contributed by atoms with van der Waals surface area (Å²) in [7, 11) is 0. The molecule has 0 radical (unpaired) electrons. The highest BCUT2D eigenvalue weighted by Gasteiger charge is 2.13. The van der Waals surface area contributed by atoms with Crippen LogP contribution < -0.4 is 10.7 Å². The van der Waals surface area contributed by atoms with Crippen molar-refractivity contribution in [2.24, 2.45) is 5.10 Å². The van der Waals surface area contributed by atoms with Gasteiger partial charge in [-0.2, -0.15) is 5.10 Å². The number of nitrogens with one attached hydrogen (secondary N) is 2. The van der Waals surface area contributed by atoms with E-state index in [1.54, 1.807) is 0 Å². The number of anilines is 1. The maximum Gasteiger partial charge on any atom is 0.262 e. The lowest BCUT2D eigenvalue weighted by molar-refractivity contribution is -0.121. The maximum absolute atomic E-state index is 12.4. The molecule has 0 spiro atoms. The Kier molecular flexibility index (Phi) is 5.55. The molecule has 0 bridgehead atoms.